The zero-order valence-electron chi connectivity index (χ0n) is 14.4. The van der Waals surface area contributed by atoms with Gasteiger partial charge in [0.1, 0.15) is 0 Å². The van der Waals surface area contributed by atoms with E-state index in [4.69, 9.17) is 0 Å². The molecule has 2 rings (SSSR count). The summed E-state index contributed by atoms with van der Waals surface area (Å²) in [7, 11) is 0. The Morgan fingerprint density at radius 1 is 1.24 bits per heavy atom. The number of carbonyl (C=O) groups excluding carboxylic acids is 2. The van der Waals surface area contributed by atoms with Crippen molar-refractivity contribution in [1.82, 2.24) is 5.32 Å². The maximum Gasteiger partial charge on any atom is 0.251 e. The average Bonchev–Trinajstić information content (AvgIpc) is 2.98. The largest absolute Gasteiger partial charge is 0.352 e. The van der Waals surface area contributed by atoms with Crippen LogP contribution >= 0.6 is 27.3 Å². The molecule has 25 heavy (non-hydrogen) atoms. The molecule has 2 amide bonds. The Labute approximate surface area is 160 Å². The fourth-order valence-corrected chi connectivity index (χ4v) is 3.42. The first-order chi connectivity index (χ1) is 11.8. The molecule has 4 nitrogen and oxygen atoms in total. The molecule has 0 bridgehead atoms. The number of rotatable bonds is 6. The minimum absolute atomic E-state index is 0.0992. The molecule has 0 unspecified atom stereocenters. The lowest BCUT2D eigenvalue weighted by atomic mass is 10.1. The van der Waals surface area contributed by atoms with E-state index < -0.39 is 0 Å². The Morgan fingerprint density at radius 2 is 2.00 bits per heavy atom. The lowest BCUT2D eigenvalue weighted by Crippen LogP contribution is -2.27. The van der Waals surface area contributed by atoms with Gasteiger partial charge in [-0.2, -0.15) is 0 Å². The smallest absolute Gasteiger partial charge is 0.251 e. The lowest BCUT2D eigenvalue weighted by molar-refractivity contribution is -0.111. The van der Waals surface area contributed by atoms with Crippen LogP contribution in [0, 0.1) is 12.8 Å². The maximum absolute atomic E-state index is 12.1. The molecule has 0 aliphatic carbocycles. The molecule has 0 aliphatic rings. The Balaban J connectivity index is 1.99. The van der Waals surface area contributed by atoms with Crippen molar-refractivity contribution in [3.63, 3.8) is 0 Å². The van der Waals surface area contributed by atoms with Gasteiger partial charge in [0.05, 0.1) is 3.79 Å². The van der Waals surface area contributed by atoms with Crippen molar-refractivity contribution < 1.29 is 9.59 Å². The van der Waals surface area contributed by atoms with Gasteiger partial charge in [0.15, 0.2) is 0 Å². The predicted octanol–water partition coefficient (Wildman–Crippen LogP) is 4.86. The zero-order chi connectivity index (χ0) is 18.4. The molecule has 0 saturated heterocycles. The van der Waals surface area contributed by atoms with Gasteiger partial charge in [-0.15, -0.1) is 11.3 Å². The Hall–Kier alpha value is -1.92. The van der Waals surface area contributed by atoms with Crippen LogP contribution in [0.4, 0.5) is 5.69 Å². The van der Waals surface area contributed by atoms with Crippen molar-refractivity contribution in [2.24, 2.45) is 5.92 Å². The van der Waals surface area contributed by atoms with Crippen LogP contribution < -0.4 is 10.6 Å². The number of nitrogens with one attached hydrogen (secondary N) is 2. The summed E-state index contributed by atoms with van der Waals surface area (Å²) < 4.78 is 1.02. The first kappa shape index (κ1) is 19.4. The second kappa shape index (κ2) is 8.97. The van der Waals surface area contributed by atoms with Gasteiger partial charge in [0.2, 0.25) is 5.91 Å². The summed E-state index contributed by atoms with van der Waals surface area (Å²) in [6.45, 7) is 6.61. The van der Waals surface area contributed by atoms with Crippen LogP contribution in [-0.4, -0.2) is 18.4 Å². The third-order valence-corrected chi connectivity index (χ3v) is 5.00. The van der Waals surface area contributed by atoms with Crippen LogP contribution in [0.3, 0.4) is 0 Å². The molecule has 0 spiro atoms. The summed E-state index contributed by atoms with van der Waals surface area (Å²) in [5.74, 6) is 0.0989. The van der Waals surface area contributed by atoms with Crippen LogP contribution in [0.1, 0.15) is 34.6 Å². The van der Waals surface area contributed by atoms with Crippen LogP contribution in [-0.2, 0) is 4.79 Å². The molecular weight excluding hydrogens is 400 g/mol. The van der Waals surface area contributed by atoms with E-state index in [9.17, 15) is 9.59 Å². The van der Waals surface area contributed by atoms with Gasteiger partial charge < -0.3 is 10.6 Å². The Morgan fingerprint density at radius 3 is 2.60 bits per heavy atom. The topological polar surface area (TPSA) is 58.2 Å². The van der Waals surface area contributed by atoms with E-state index in [2.05, 4.69) is 26.6 Å². The standard InChI is InChI=1S/C19H21BrN2O2S/c1-12(2)11-21-19(24)14-4-7-16(13(3)10-14)22-18(23)9-6-15-5-8-17(20)25-15/h4-10,12H,11H2,1-3H3,(H,21,24)(H,22,23)/b9-6+. The van der Waals surface area contributed by atoms with Crippen molar-refractivity contribution >= 4 is 50.8 Å². The summed E-state index contributed by atoms with van der Waals surface area (Å²) >= 11 is 4.95. The van der Waals surface area contributed by atoms with E-state index in [0.29, 0.717) is 23.7 Å². The molecule has 6 heteroatoms. The normalized spacial score (nSPS) is 11.1. The van der Waals surface area contributed by atoms with Gasteiger partial charge >= 0.3 is 0 Å². The summed E-state index contributed by atoms with van der Waals surface area (Å²) in [4.78, 5) is 25.1. The number of amides is 2. The van der Waals surface area contributed by atoms with E-state index in [0.717, 1.165) is 14.2 Å². The number of carbonyl (C=O) groups is 2. The van der Waals surface area contributed by atoms with Crippen LogP contribution in [0.5, 0.6) is 0 Å². The number of hydrogen-bond acceptors (Lipinski definition) is 3. The van der Waals surface area contributed by atoms with Crippen molar-refractivity contribution in [3.05, 3.63) is 56.2 Å². The molecule has 0 atom stereocenters. The van der Waals surface area contributed by atoms with Crippen LogP contribution in [0.25, 0.3) is 6.08 Å². The first-order valence-corrected chi connectivity index (χ1v) is 9.59. The fourth-order valence-electron chi connectivity index (χ4n) is 2.09. The van der Waals surface area contributed by atoms with Crippen molar-refractivity contribution in [1.29, 1.82) is 0 Å². The monoisotopic (exact) mass is 420 g/mol. The van der Waals surface area contributed by atoms with Gasteiger partial charge in [-0.1, -0.05) is 13.8 Å². The lowest BCUT2D eigenvalue weighted by Gasteiger charge is -2.10. The molecular formula is C19H21BrN2O2S. The van der Waals surface area contributed by atoms with Gasteiger partial charge in [0, 0.05) is 28.7 Å². The maximum atomic E-state index is 12.1. The molecule has 0 aliphatic heterocycles. The van der Waals surface area contributed by atoms with Crippen molar-refractivity contribution in [2.75, 3.05) is 11.9 Å². The van der Waals surface area contributed by atoms with E-state index in [1.165, 1.54) is 6.08 Å². The predicted molar refractivity (Wildman–Crippen MR) is 108 cm³/mol. The molecule has 2 aromatic rings. The molecule has 0 radical (unpaired) electrons. The fraction of sp³-hybridized carbons (Fsp3) is 0.263. The van der Waals surface area contributed by atoms with E-state index >= 15 is 0 Å². The molecule has 2 N–H and O–H groups in total. The third kappa shape index (κ3) is 6.14. The number of hydrogen-bond donors (Lipinski definition) is 2. The van der Waals surface area contributed by atoms with Crippen molar-refractivity contribution in [2.45, 2.75) is 20.8 Å². The van der Waals surface area contributed by atoms with E-state index in [1.54, 1.807) is 35.6 Å². The molecule has 1 aromatic heterocycles. The minimum atomic E-state index is -0.204. The molecule has 132 valence electrons. The number of anilines is 1. The van der Waals surface area contributed by atoms with Crippen LogP contribution in [0.15, 0.2) is 40.2 Å². The number of thiophene rings is 1. The van der Waals surface area contributed by atoms with E-state index in [1.807, 2.05) is 32.9 Å². The SMILES string of the molecule is Cc1cc(C(=O)NCC(C)C)ccc1NC(=O)/C=C/c1ccc(Br)s1. The molecule has 0 saturated carbocycles. The van der Waals surface area contributed by atoms with Crippen LogP contribution in [0.2, 0.25) is 0 Å². The zero-order valence-corrected chi connectivity index (χ0v) is 16.8. The number of benzene rings is 1. The van der Waals surface area contributed by atoms with E-state index in [-0.39, 0.29) is 11.8 Å². The first-order valence-electron chi connectivity index (χ1n) is 7.98. The second-order valence-electron chi connectivity index (χ2n) is 6.10. The summed E-state index contributed by atoms with van der Waals surface area (Å²) in [5, 5.41) is 5.73. The quantitative estimate of drug-likeness (QED) is 0.655. The summed E-state index contributed by atoms with van der Waals surface area (Å²) in [6, 6.07) is 9.14. The Kier molecular flexibility index (Phi) is 6.96. The Bertz CT molecular complexity index is 796. The molecule has 1 heterocycles. The highest BCUT2D eigenvalue weighted by molar-refractivity contribution is 9.11. The van der Waals surface area contributed by atoms with Gasteiger partial charge in [-0.25, -0.2) is 0 Å². The summed E-state index contributed by atoms with van der Waals surface area (Å²) in [5.41, 5.74) is 2.13. The summed E-state index contributed by atoms with van der Waals surface area (Å²) in [6.07, 6.45) is 3.27. The second-order valence-corrected chi connectivity index (χ2v) is 8.59. The van der Waals surface area contributed by atoms with Gasteiger partial charge in [-0.3, -0.25) is 9.59 Å². The number of aryl methyl sites for hydroxylation is 1. The highest BCUT2D eigenvalue weighted by atomic mass is 79.9. The van der Waals surface area contributed by atoms with Gasteiger partial charge in [-0.05, 0) is 70.7 Å². The highest BCUT2D eigenvalue weighted by Crippen LogP contribution is 2.23. The highest BCUT2D eigenvalue weighted by Gasteiger charge is 2.09. The number of halogens is 1. The van der Waals surface area contributed by atoms with Crippen molar-refractivity contribution in [3.8, 4) is 0 Å². The third-order valence-electron chi connectivity index (χ3n) is 3.41. The average molecular weight is 421 g/mol. The van der Waals surface area contributed by atoms with Gasteiger partial charge in [0.25, 0.3) is 5.91 Å². The minimum Gasteiger partial charge on any atom is -0.352 e. The molecule has 0 fully saturated rings. The molecule has 1 aromatic carbocycles.